The molecule has 0 aromatic heterocycles. The second-order valence-corrected chi connectivity index (χ2v) is 6.59. The molecule has 21 heavy (non-hydrogen) atoms. The van der Waals surface area contributed by atoms with Crippen LogP contribution in [-0.2, 0) is 6.54 Å². The minimum Gasteiger partial charge on any atom is -0.399 e. The molecule has 1 aliphatic carbocycles. The molecule has 0 amide bonds. The third-order valence-corrected chi connectivity index (χ3v) is 4.73. The third kappa shape index (κ3) is 4.43. The van der Waals surface area contributed by atoms with Crippen LogP contribution < -0.4 is 5.73 Å². The predicted octanol–water partition coefficient (Wildman–Crippen LogP) is 1.48. The Kier molecular flexibility index (Phi) is 4.78. The summed E-state index contributed by atoms with van der Waals surface area (Å²) in [5.74, 6) is 0. The summed E-state index contributed by atoms with van der Waals surface area (Å²) in [6.45, 7) is 8.33. The molecule has 0 bridgehead atoms. The predicted molar refractivity (Wildman–Crippen MR) is 88.2 cm³/mol. The van der Waals surface area contributed by atoms with Gasteiger partial charge in [-0.05, 0) is 37.6 Å². The fourth-order valence-corrected chi connectivity index (χ4v) is 3.03. The van der Waals surface area contributed by atoms with E-state index in [1.165, 1.54) is 57.7 Å². The largest absolute Gasteiger partial charge is 0.399 e. The number of piperazine rings is 1. The summed E-state index contributed by atoms with van der Waals surface area (Å²) < 4.78 is 0. The van der Waals surface area contributed by atoms with Gasteiger partial charge in [-0.25, -0.2) is 0 Å². The molecule has 1 heterocycles. The van der Waals surface area contributed by atoms with Gasteiger partial charge in [0.05, 0.1) is 0 Å². The lowest BCUT2D eigenvalue weighted by Gasteiger charge is -2.34. The summed E-state index contributed by atoms with van der Waals surface area (Å²) in [7, 11) is 2.22. The van der Waals surface area contributed by atoms with Crippen molar-refractivity contribution in [1.29, 1.82) is 0 Å². The molecule has 0 unspecified atom stereocenters. The standard InChI is InChI=1S/C17H28N4/c1-19-8-10-20(11-9-19)12-13-21(17-6-7-17)14-15-2-4-16(18)5-3-15/h2-5,17H,6-14,18H2,1H3. The molecule has 1 aromatic carbocycles. The van der Waals surface area contributed by atoms with Gasteiger partial charge in [-0.1, -0.05) is 12.1 Å². The Hall–Kier alpha value is -1.10. The molecule has 1 aliphatic heterocycles. The zero-order valence-electron chi connectivity index (χ0n) is 13.2. The van der Waals surface area contributed by atoms with Crippen LogP contribution in [-0.4, -0.2) is 67.1 Å². The number of hydrogen-bond acceptors (Lipinski definition) is 4. The quantitative estimate of drug-likeness (QED) is 0.804. The summed E-state index contributed by atoms with van der Waals surface area (Å²) in [6, 6.07) is 9.18. The first-order chi connectivity index (χ1) is 10.2. The molecule has 2 aliphatic rings. The second kappa shape index (κ2) is 6.77. The molecular weight excluding hydrogens is 260 g/mol. The van der Waals surface area contributed by atoms with Crippen LogP contribution in [0.4, 0.5) is 5.69 Å². The zero-order chi connectivity index (χ0) is 14.7. The van der Waals surface area contributed by atoms with Gasteiger partial charge in [0.15, 0.2) is 0 Å². The van der Waals surface area contributed by atoms with Crippen molar-refractivity contribution in [2.24, 2.45) is 0 Å². The lowest BCUT2D eigenvalue weighted by Crippen LogP contribution is -2.47. The summed E-state index contributed by atoms with van der Waals surface area (Å²) in [6.07, 6.45) is 2.75. The molecule has 0 spiro atoms. The molecule has 0 radical (unpaired) electrons. The lowest BCUT2D eigenvalue weighted by molar-refractivity contribution is 0.131. The van der Waals surface area contributed by atoms with E-state index in [0.29, 0.717) is 0 Å². The minimum absolute atomic E-state index is 0.815. The highest BCUT2D eigenvalue weighted by Crippen LogP contribution is 2.28. The topological polar surface area (TPSA) is 35.7 Å². The van der Waals surface area contributed by atoms with Gasteiger partial charge in [0, 0.05) is 57.5 Å². The molecule has 116 valence electrons. The van der Waals surface area contributed by atoms with Crippen LogP contribution in [0.25, 0.3) is 0 Å². The van der Waals surface area contributed by atoms with E-state index in [0.717, 1.165) is 18.3 Å². The average Bonchev–Trinajstić information content (AvgIpc) is 3.32. The van der Waals surface area contributed by atoms with Gasteiger partial charge in [0.25, 0.3) is 0 Å². The Bertz CT molecular complexity index is 433. The molecule has 3 rings (SSSR count). The highest BCUT2D eigenvalue weighted by atomic mass is 15.3. The fourth-order valence-electron chi connectivity index (χ4n) is 3.03. The SMILES string of the molecule is CN1CCN(CCN(Cc2ccc(N)cc2)C2CC2)CC1. The van der Waals surface area contributed by atoms with E-state index in [9.17, 15) is 0 Å². The monoisotopic (exact) mass is 288 g/mol. The van der Waals surface area contributed by atoms with Crippen molar-refractivity contribution in [3.8, 4) is 0 Å². The molecule has 1 saturated carbocycles. The number of nitrogens with zero attached hydrogens (tertiary/aromatic N) is 3. The fraction of sp³-hybridized carbons (Fsp3) is 0.647. The van der Waals surface area contributed by atoms with Gasteiger partial charge >= 0.3 is 0 Å². The van der Waals surface area contributed by atoms with Gasteiger partial charge < -0.3 is 10.6 Å². The van der Waals surface area contributed by atoms with Crippen molar-refractivity contribution < 1.29 is 0 Å². The maximum atomic E-state index is 5.77. The molecule has 4 heteroatoms. The van der Waals surface area contributed by atoms with E-state index < -0.39 is 0 Å². The van der Waals surface area contributed by atoms with Gasteiger partial charge in [-0.3, -0.25) is 9.80 Å². The van der Waals surface area contributed by atoms with Crippen LogP contribution in [0.2, 0.25) is 0 Å². The average molecular weight is 288 g/mol. The third-order valence-electron chi connectivity index (χ3n) is 4.73. The van der Waals surface area contributed by atoms with Crippen molar-refractivity contribution in [2.45, 2.75) is 25.4 Å². The first-order valence-electron chi connectivity index (χ1n) is 8.20. The molecule has 0 atom stereocenters. The molecular formula is C17H28N4. The number of anilines is 1. The van der Waals surface area contributed by atoms with Crippen molar-refractivity contribution >= 4 is 5.69 Å². The first kappa shape index (κ1) is 14.8. The summed E-state index contributed by atoms with van der Waals surface area (Å²) >= 11 is 0. The van der Waals surface area contributed by atoms with Crippen molar-refractivity contribution in [2.75, 3.05) is 52.0 Å². The van der Waals surface area contributed by atoms with Crippen LogP contribution in [0.3, 0.4) is 0 Å². The van der Waals surface area contributed by atoms with Gasteiger partial charge in [0.2, 0.25) is 0 Å². The zero-order valence-corrected chi connectivity index (χ0v) is 13.2. The molecule has 4 nitrogen and oxygen atoms in total. The smallest absolute Gasteiger partial charge is 0.0314 e. The van der Waals surface area contributed by atoms with E-state index in [1.54, 1.807) is 0 Å². The maximum absolute atomic E-state index is 5.77. The van der Waals surface area contributed by atoms with E-state index in [2.05, 4.69) is 33.9 Å². The normalized spacial score (nSPS) is 21.0. The number of benzene rings is 1. The van der Waals surface area contributed by atoms with Crippen molar-refractivity contribution in [3.63, 3.8) is 0 Å². The Labute approximate surface area is 128 Å². The van der Waals surface area contributed by atoms with Crippen molar-refractivity contribution in [3.05, 3.63) is 29.8 Å². The van der Waals surface area contributed by atoms with E-state index in [4.69, 9.17) is 5.73 Å². The number of nitrogen functional groups attached to an aromatic ring is 1. The van der Waals surface area contributed by atoms with Gasteiger partial charge in [-0.2, -0.15) is 0 Å². The van der Waals surface area contributed by atoms with Crippen LogP contribution in [0.5, 0.6) is 0 Å². The number of hydrogen-bond donors (Lipinski definition) is 1. The van der Waals surface area contributed by atoms with Gasteiger partial charge in [0.1, 0.15) is 0 Å². The summed E-state index contributed by atoms with van der Waals surface area (Å²) in [5.41, 5.74) is 8.01. The van der Waals surface area contributed by atoms with Crippen LogP contribution in [0.15, 0.2) is 24.3 Å². The second-order valence-electron chi connectivity index (χ2n) is 6.59. The molecule has 2 fully saturated rings. The van der Waals surface area contributed by atoms with E-state index in [-0.39, 0.29) is 0 Å². The highest BCUT2D eigenvalue weighted by Gasteiger charge is 2.29. The number of nitrogens with two attached hydrogens (primary N) is 1. The van der Waals surface area contributed by atoms with Gasteiger partial charge in [-0.15, -0.1) is 0 Å². The first-order valence-corrected chi connectivity index (χ1v) is 8.20. The molecule has 2 N–H and O–H groups in total. The minimum atomic E-state index is 0.815. The molecule has 1 aromatic rings. The van der Waals surface area contributed by atoms with Crippen LogP contribution in [0.1, 0.15) is 18.4 Å². The highest BCUT2D eigenvalue weighted by molar-refractivity contribution is 5.39. The van der Waals surface area contributed by atoms with E-state index >= 15 is 0 Å². The van der Waals surface area contributed by atoms with E-state index in [1.807, 2.05) is 12.1 Å². The van der Waals surface area contributed by atoms with Crippen LogP contribution in [0, 0.1) is 0 Å². The van der Waals surface area contributed by atoms with Crippen LogP contribution >= 0.6 is 0 Å². The Morgan fingerprint density at radius 3 is 2.38 bits per heavy atom. The Morgan fingerprint density at radius 2 is 1.76 bits per heavy atom. The number of rotatable bonds is 6. The lowest BCUT2D eigenvalue weighted by atomic mass is 10.2. The maximum Gasteiger partial charge on any atom is 0.0314 e. The van der Waals surface area contributed by atoms with Crippen molar-refractivity contribution in [1.82, 2.24) is 14.7 Å². The molecule has 1 saturated heterocycles. The summed E-state index contributed by atoms with van der Waals surface area (Å²) in [5, 5.41) is 0. The number of likely N-dealkylation sites (N-methyl/N-ethyl adjacent to an activating group) is 1. The Morgan fingerprint density at radius 1 is 1.10 bits per heavy atom. The summed E-state index contributed by atoms with van der Waals surface area (Å²) in [4.78, 5) is 7.69. The Balaban J connectivity index is 1.49.